The van der Waals surface area contributed by atoms with Crippen LogP contribution in [0.4, 0.5) is 0 Å². The predicted octanol–water partition coefficient (Wildman–Crippen LogP) is 1.34. The van der Waals surface area contributed by atoms with Crippen LogP contribution in [0.5, 0.6) is 0 Å². The highest BCUT2D eigenvalue weighted by atomic mass is 32.2. The molecule has 1 aromatic heterocycles. The Balaban J connectivity index is 2.81. The molecule has 6 heteroatoms. The molecule has 1 rings (SSSR count). The minimum absolute atomic E-state index is 0.00246. The van der Waals surface area contributed by atoms with Gasteiger partial charge in [0.25, 0.3) is 0 Å². The standard InChI is InChI=1S/C9H16N2O2S2/c1-6(2)9(10)7-4-14-8(11-7)5-15(3,12)13/h4,6,9H,5,10H2,1-3H3. The molecule has 0 fully saturated rings. The van der Waals surface area contributed by atoms with E-state index in [4.69, 9.17) is 5.73 Å². The van der Waals surface area contributed by atoms with Crippen LogP contribution >= 0.6 is 11.3 Å². The van der Waals surface area contributed by atoms with Crippen LogP contribution in [-0.2, 0) is 15.6 Å². The van der Waals surface area contributed by atoms with Gasteiger partial charge >= 0.3 is 0 Å². The van der Waals surface area contributed by atoms with Gasteiger partial charge in [0.05, 0.1) is 11.7 Å². The van der Waals surface area contributed by atoms with E-state index in [1.165, 1.54) is 17.6 Å². The zero-order valence-corrected chi connectivity index (χ0v) is 10.7. The fraction of sp³-hybridized carbons (Fsp3) is 0.667. The van der Waals surface area contributed by atoms with Crippen LogP contribution in [0.1, 0.15) is 30.6 Å². The molecule has 4 nitrogen and oxygen atoms in total. The van der Waals surface area contributed by atoms with Crippen LogP contribution in [-0.4, -0.2) is 19.7 Å². The third-order valence-electron chi connectivity index (χ3n) is 2.01. The average molecular weight is 248 g/mol. The van der Waals surface area contributed by atoms with Crippen LogP contribution in [0.2, 0.25) is 0 Å². The molecule has 0 bridgehead atoms. The Morgan fingerprint density at radius 1 is 1.53 bits per heavy atom. The van der Waals surface area contributed by atoms with E-state index in [9.17, 15) is 8.42 Å². The number of hydrogen-bond donors (Lipinski definition) is 1. The first-order valence-corrected chi connectivity index (χ1v) is 7.61. The Bertz CT molecular complexity index is 423. The summed E-state index contributed by atoms with van der Waals surface area (Å²) >= 11 is 1.35. The molecule has 1 unspecified atom stereocenters. The van der Waals surface area contributed by atoms with E-state index in [2.05, 4.69) is 4.98 Å². The van der Waals surface area contributed by atoms with E-state index in [-0.39, 0.29) is 11.8 Å². The van der Waals surface area contributed by atoms with Gasteiger partial charge in [-0.1, -0.05) is 13.8 Å². The van der Waals surface area contributed by atoms with E-state index in [0.29, 0.717) is 10.9 Å². The van der Waals surface area contributed by atoms with Gasteiger partial charge in [-0.25, -0.2) is 13.4 Å². The molecule has 86 valence electrons. The van der Waals surface area contributed by atoms with E-state index in [1.807, 2.05) is 19.2 Å². The zero-order chi connectivity index (χ0) is 11.6. The topological polar surface area (TPSA) is 73.1 Å². The Labute approximate surface area is 94.4 Å². The zero-order valence-electron chi connectivity index (χ0n) is 9.10. The lowest BCUT2D eigenvalue weighted by Crippen LogP contribution is -2.17. The summed E-state index contributed by atoms with van der Waals surface area (Å²) in [5.74, 6) is 0.306. The number of sulfone groups is 1. The van der Waals surface area contributed by atoms with Crippen LogP contribution in [0, 0.1) is 5.92 Å². The van der Waals surface area contributed by atoms with Crippen LogP contribution in [0.25, 0.3) is 0 Å². The molecular weight excluding hydrogens is 232 g/mol. The van der Waals surface area contributed by atoms with Crippen LogP contribution in [0.15, 0.2) is 5.38 Å². The van der Waals surface area contributed by atoms with Crippen molar-refractivity contribution in [2.45, 2.75) is 25.6 Å². The Morgan fingerprint density at radius 2 is 2.13 bits per heavy atom. The number of nitrogens with two attached hydrogens (primary N) is 1. The van der Waals surface area contributed by atoms with Gasteiger partial charge in [0.15, 0.2) is 9.84 Å². The van der Waals surface area contributed by atoms with Crippen molar-refractivity contribution in [2.24, 2.45) is 11.7 Å². The number of rotatable bonds is 4. The maximum absolute atomic E-state index is 11.0. The van der Waals surface area contributed by atoms with E-state index in [1.54, 1.807) is 0 Å². The first-order chi connectivity index (χ1) is 6.79. The monoisotopic (exact) mass is 248 g/mol. The minimum atomic E-state index is -3.00. The first-order valence-electron chi connectivity index (χ1n) is 4.67. The van der Waals surface area contributed by atoms with Crippen molar-refractivity contribution in [3.05, 3.63) is 16.1 Å². The molecule has 1 atom stereocenters. The lowest BCUT2D eigenvalue weighted by atomic mass is 10.0. The fourth-order valence-corrected chi connectivity index (χ4v) is 3.16. The van der Waals surface area contributed by atoms with Crippen molar-refractivity contribution < 1.29 is 8.42 Å². The predicted molar refractivity (Wildman–Crippen MR) is 62.4 cm³/mol. The third-order valence-corrected chi connectivity index (χ3v) is 3.86. The van der Waals surface area contributed by atoms with Crippen molar-refractivity contribution in [2.75, 3.05) is 6.26 Å². The smallest absolute Gasteiger partial charge is 0.153 e. The van der Waals surface area contributed by atoms with Crippen LogP contribution < -0.4 is 5.73 Å². The first kappa shape index (κ1) is 12.6. The van der Waals surface area contributed by atoms with Gasteiger partial charge in [-0.15, -0.1) is 11.3 Å². The summed E-state index contributed by atoms with van der Waals surface area (Å²) in [6.45, 7) is 4.03. The summed E-state index contributed by atoms with van der Waals surface area (Å²) in [5, 5.41) is 2.45. The molecule has 0 saturated heterocycles. The molecule has 0 radical (unpaired) electrons. The number of thiazole rings is 1. The van der Waals surface area contributed by atoms with E-state index < -0.39 is 9.84 Å². The molecule has 0 aromatic carbocycles. The Morgan fingerprint density at radius 3 is 2.60 bits per heavy atom. The fourth-order valence-electron chi connectivity index (χ4n) is 1.11. The maximum atomic E-state index is 11.0. The quantitative estimate of drug-likeness (QED) is 0.872. The molecule has 1 aromatic rings. The van der Waals surface area contributed by atoms with Gasteiger partial charge in [-0.3, -0.25) is 0 Å². The highest BCUT2D eigenvalue weighted by molar-refractivity contribution is 7.90. The molecule has 1 heterocycles. The third kappa shape index (κ3) is 3.89. The number of nitrogens with zero attached hydrogens (tertiary/aromatic N) is 1. The number of hydrogen-bond acceptors (Lipinski definition) is 5. The summed E-state index contributed by atoms with van der Waals surface area (Å²) in [4.78, 5) is 4.23. The molecular formula is C9H16N2O2S2. The van der Waals surface area contributed by atoms with Crippen molar-refractivity contribution >= 4 is 21.2 Å². The summed E-state index contributed by atoms with van der Waals surface area (Å²) < 4.78 is 22.1. The minimum Gasteiger partial charge on any atom is -0.322 e. The van der Waals surface area contributed by atoms with Gasteiger partial charge in [0.1, 0.15) is 10.8 Å². The summed E-state index contributed by atoms with van der Waals surface area (Å²) in [5.41, 5.74) is 6.70. The normalized spacial score (nSPS) is 14.5. The van der Waals surface area contributed by atoms with Crippen LogP contribution in [0.3, 0.4) is 0 Å². The van der Waals surface area contributed by atoms with Crippen molar-refractivity contribution in [3.63, 3.8) is 0 Å². The summed E-state index contributed by atoms with van der Waals surface area (Å²) in [6.07, 6.45) is 1.20. The summed E-state index contributed by atoms with van der Waals surface area (Å²) in [6, 6.07) is -0.116. The lowest BCUT2D eigenvalue weighted by Gasteiger charge is -2.11. The second kappa shape index (κ2) is 4.59. The molecule has 0 aliphatic carbocycles. The van der Waals surface area contributed by atoms with E-state index in [0.717, 1.165) is 5.69 Å². The van der Waals surface area contributed by atoms with Crippen molar-refractivity contribution in [1.82, 2.24) is 4.98 Å². The number of aromatic nitrogens is 1. The molecule has 0 amide bonds. The van der Waals surface area contributed by atoms with E-state index >= 15 is 0 Å². The molecule has 0 aliphatic heterocycles. The highest BCUT2D eigenvalue weighted by Crippen LogP contribution is 2.21. The molecule has 0 aliphatic rings. The summed E-state index contributed by atoms with van der Waals surface area (Å²) in [7, 11) is -3.00. The molecule has 0 saturated carbocycles. The van der Waals surface area contributed by atoms with Gasteiger partial charge in [-0.05, 0) is 5.92 Å². The van der Waals surface area contributed by atoms with Gasteiger partial charge in [-0.2, -0.15) is 0 Å². The SMILES string of the molecule is CC(C)C(N)c1csc(CS(C)(=O)=O)n1. The molecule has 2 N–H and O–H groups in total. The molecule has 15 heavy (non-hydrogen) atoms. The average Bonchev–Trinajstić information content (AvgIpc) is 2.48. The van der Waals surface area contributed by atoms with Gasteiger partial charge in [0, 0.05) is 11.6 Å². The highest BCUT2D eigenvalue weighted by Gasteiger charge is 2.15. The second-order valence-corrected chi connectivity index (χ2v) is 7.09. The second-order valence-electron chi connectivity index (χ2n) is 4.01. The largest absolute Gasteiger partial charge is 0.322 e. The maximum Gasteiger partial charge on any atom is 0.153 e. The Hall–Kier alpha value is -0.460. The van der Waals surface area contributed by atoms with Crippen molar-refractivity contribution in [3.8, 4) is 0 Å². The van der Waals surface area contributed by atoms with Gasteiger partial charge in [0.2, 0.25) is 0 Å². The molecule has 0 spiro atoms. The van der Waals surface area contributed by atoms with Crippen molar-refractivity contribution in [1.29, 1.82) is 0 Å². The Kier molecular flexibility index (Phi) is 3.86. The lowest BCUT2D eigenvalue weighted by molar-refractivity contribution is 0.504. The van der Waals surface area contributed by atoms with Gasteiger partial charge < -0.3 is 5.73 Å².